The van der Waals surface area contributed by atoms with Crippen LogP contribution in [0.2, 0.25) is 0 Å². The molecule has 0 unspecified atom stereocenters. The van der Waals surface area contributed by atoms with Crippen LogP contribution in [0.4, 0.5) is 21.5 Å². The number of allylic oxidation sites excluding steroid dienone is 2. The van der Waals surface area contributed by atoms with Gasteiger partial charge in [0, 0.05) is 17.8 Å². The van der Waals surface area contributed by atoms with Crippen molar-refractivity contribution in [2.75, 3.05) is 10.6 Å². The molecule has 0 fully saturated rings. The maximum Gasteiger partial charge on any atom is 0.307 e. The summed E-state index contributed by atoms with van der Waals surface area (Å²) in [6, 6.07) is 1.77. The number of carbonyl (C=O) groups is 2. The minimum atomic E-state index is -1.05. The highest BCUT2D eigenvalue weighted by molar-refractivity contribution is 5.89. The van der Waals surface area contributed by atoms with Crippen LogP contribution in [0.25, 0.3) is 0 Å². The SMILES string of the molecule is CC(=O)C=C(C)Nc1cc(F)c([N+](=O)[O-])cc1NC=O. The fourth-order valence-electron chi connectivity index (χ4n) is 1.54. The predicted molar refractivity (Wildman–Crippen MR) is 70.8 cm³/mol. The van der Waals surface area contributed by atoms with Gasteiger partial charge in [-0.2, -0.15) is 4.39 Å². The summed E-state index contributed by atoms with van der Waals surface area (Å²) in [7, 11) is 0. The highest BCUT2D eigenvalue weighted by atomic mass is 19.1. The molecule has 7 nitrogen and oxygen atoms in total. The average molecular weight is 281 g/mol. The molecule has 0 aliphatic rings. The van der Waals surface area contributed by atoms with Gasteiger partial charge in [-0.3, -0.25) is 19.7 Å². The van der Waals surface area contributed by atoms with E-state index in [9.17, 15) is 24.1 Å². The molecule has 0 atom stereocenters. The van der Waals surface area contributed by atoms with E-state index in [1.165, 1.54) is 13.0 Å². The Labute approximate surface area is 113 Å². The molecule has 0 spiro atoms. The first-order chi connectivity index (χ1) is 9.35. The fraction of sp³-hybridized carbons (Fsp3) is 0.167. The third kappa shape index (κ3) is 3.87. The van der Waals surface area contributed by atoms with Crippen LogP contribution < -0.4 is 10.6 Å². The Morgan fingerprint density at radius 1 is 1.35 bits per heavy atom. The van der Waals surface area contributed by atoms with E-state index in [2.05, 4.69) is 10.6 Å². The molecule has 0 aliphatic carbocycles. The summed E-state index contributed by atoms with van der Waals surface area (Å²) in [4.78, 5) is 31.1. The van der Waals surface area contributed by atoms with E-state index in [4.69, 9.17) is 0 Å². The number of rotatable bonds is 6. The van der Waals surface area contributed by atoms with Gasteiger partial charge in [0.25, 0.3) is 0 Å². The Hall–Kier alpha value is -2.77. The lowest BCUT2D eigenvalue weighted by Crippen LogP contribution is -2.05. The van der Waals surface area contributed by atoms with Crippen LogP contribution in [0.5, 0.6) is 0 Å². The van der Waals surface area contributed by atoms with E-state index < -0.39 is 16.4 Å². The second kappa shape index (κ2) is 6.41. The van der Waals surface area contributed by atoms with Crippen LogP contribution in [0.15, 0.2) is 23.9 Å². The molecule has 1 aromatic carbocycles. The first-order valence-corrected chi connectivity index (χ1v) is 5.49. The Morgan fingerprint density at radius 2 is 2.00 bits per heavy atom. The van der Waals surface area contributed by atoms with Crippen LogP contribution in [0, 0.1) is 15.9 Å². The number of nitro benzene ring substituents is 1. The van der Waals surface area contributed by atoms with Gasteiger partial charge in [-0.05, 0) is 19.9 Å². The van der Waals surface area contributed by atoms with Gasteiger partial charge in [-0.25, -0.2) is 0 Å². The van der Waals surface area contributed by atoms with Crippen molar-refractivity contribution < 1.29 is 18.9 Å². The number of halogens is 1. The summed E-state index contributed by atoms with van der Waals surface area (Å²) in [6.07, 6.45) is 1.58. The van der Waals surface area contributed by atoms with Gasteiger partial charge in [0.2, 0.25) is 12.2 Å². The molecular formula is C12H12FN3O4. The first kappa shape index (κ1) is 15.3. The topological polar surface area (TPSA) is 101 Å². The van der Waals surface area contributed by atoms with Crippen LogP contribution >= 0.6 is 0 Å². The summed E-state index contributed by atoms with van der Waals surface area (Å²) in [5.74, 6) is -1.27. The van der Waals surface area contributed by atoms with Crippen molar-refractivity contribution >= 4 is 29.3 Å². The van der Waals surface area contributed by atoms with E-state index in [1.54, 1.807) is 6.92 Å². The molecule has 0 radical (unpaired) electrons. The van der Waals surface area contributed by atoms with Crippen molar-refractivity contribution in [3.8, 4) is 0 Å². The van der Waals surface area contributed by atoms with Gasteiger partial charge in [-0.15, -0.1) is 0 Å². The quantitative estimate of drug-likeness (QED) is 0.360. The molecule has 0 heterocycles. The zero-order valence-electron chi connectivity index (χ0n) is 10.8. The number of ketones is 1. The summed E-state index contributed by atoms with van der Waals surface area (Å²) in [5, 5.41) is 15.6. The van der Waals surface area contributed by atoms with Crippen molar-refractivity contribution in [1.29, 1.82) is 0 Å². The molecule has 0 saturated carbocycles. The van der Waals surface area contributed by atoms with Gasteiger partial charge in [0.1, 0.15) is 0 Å². The number of nitrogens with zero attached hydrogens (tertiary/aromatic N) is 1. The minimum Gasteiger partial charge on any atom is -0.357 e. The van der Waals surface area contributed by atoms with Crippen molar-refractivity contribution in [2.24, 2.45) is 0 Å². The van der Waals surface area contributed by atoms with Gasteiger partial charge in [0.15, 0.2) is 5.78 Å². The highest BCUT2D eigenvalue weighted by Gasteiger charge is 2.18. The molecule has 1 rings (SSSR count). The molecule has 0 aliphatic heterocycles. The van der Waals surface area contributed by atoms with Crippen molar-refractivity contribution in [3.63, 3.8) is 0 Å². The molecule has 106 valence electrons. The van der Waals surface area contributed by atoms with E-state index >= 15 is 0 Å². The van der Waals surface area contributed by atoms with Crippen LogP contribution in [-0.2, 0) is 9.59 Å². The van der Waals surface area contributed by atoms with Crippen LogP contribution in [0.3, 0.4) is 0 Å². The average Bonchev–Trinajstić information content (AvgIpc) is 2.30. The van der Waals surface area contributed by atoms with Crippen molar-refractivity contribution in [2.45, 2.75) is 13.8 Å². The molecule has 20 heavy (non-hydrogen) atoms. The molecule has 1 aromatic rings. The Balaban J connectivity index is 3.24. The summed E-state index contributed by atoms with van der Waals surface area (Å²) in [6.45, 7) is 2.90. The second-order valence-corrected chi connectivity index (χ2v) is 3.93. The maximum atomic E-state index is 13.5. The Kier molecular flexibility index (Phi) is 4.90. The zero-order valence-corrected chi connectivity index (χ0v) is 10.8. The van der Waals surface area contributed by atoms with Crippen molar-refractivity contribution in [1.82, 2.24) is 0 Å². The maximum absolute atomic E-state index is 13.5. The molecule has 8 heteroatoms. The smallest absolute Gasteiger partial charge is 0.307 e. The summed E-state index contributed by atoms with van der Waals surface area (Å²) in [5.41, 5.74) is -0.215. The Bertz CT molecular complexity index is 599. The van der Waals surface area contributed by atoms with Crippen LogP contribution in [0.1, 0.15) is 13.8 Å². The number of amides is 1. The number of anilines is 2. The molecule has 0 bridgehead atoms. The number of nitro groups is 1. The van der Waals surface area contributed by atoms with E-state index in [0.29, 0.717) is 12.1 Å². The monoisotopic (exact) mass is 281 g/mol. The number of benzene rings is 1. The number of hydrogen-bond acceptors (Lipinski definition) is 5. The molecule has 2 N–H and O–H groups in total. The fourth-order valence-corrected chi connectivity index (χ4v) is 1.54. The van der Waals surface area contributed by atoms with E-state index in [-0.39, 0.29) is 17.2 Å². The summed E-state index contributed by atoms with van der Waals surface area (Å²) >= 11 is 0. The number of carbonyl (C=O) groups excluding carboxylic acids is 2. The Morgan fingerprint density at radius 3 is 2.50 bits per heavy atom. The molecule has 1 amide bonds. The standard InChI is InChI=1S/C12H12FN3O4/c1-7(3-8(2)18)15-11-4-9(13)12(16(19)20)5-10(11)14-6-17/h3-6,15H,1-2H3,(H,14,17). The largest absolute Gasteiger partial charge is 0.357 e. The van der Waals surface area contributed by atoms with Gasteiger partial charge in [-0.1, -0.05) is 0 Å². The molecular weight excluding hydrogens is 269 g/mol. The number of nitrogens with one attached hydrogen (secondary N) is 2. The zero-order chi connectivity index (χ0) is 15.3. The second-order valence-electron chi connectivity index (χ2n) is 3.93. The lowest BCUT2D eigenvalue weighted by molar-refractivity contribution is -0.387. The van der Waals surface area contributed by atoms with Crippen LogP contribution in [-0.4, -0.2) is 17.1 Å². The normalized spacial score (nSPS) is 10.8. The van der Waals surface area contributed by atoms with E-state index in [0.717, 1.165) is 12.1 Å². The third-order valence-corrected chi connectivity index (χ3v) is 2.25. The third-order valence-electron chi connectivity index (χ3n) is 2.25. The van der Waals surface area contributed by atoms with Gasteiger partial charge >= 0.3 is 5.69 Å². The lowest BCUT2D eigenvalue weighted by Gasteiger charge is -2.11. The molecule has 0 saturated heterocycles. The highest BCUT2D eigenvalue weighted by Crippen LogP contribution is 2.30. The number of hydrogen-bond donors (Lipinski definition) is 2. The predicted octanol–water partition coefficient (Wildman–Crippen LogP) is 2.21. The van der Waals surface area contributed by atoms with Crippen molar-refractivity contribution in [3.05, 3.63) is 39.8 Å². The lowest BCUT2D eigenvalue weighted by atomic mass is 10.2. The van der Waals surface area contributed by atoms with Gasteiger partial charge < -0.3 is 10.6 Å². The summed E-state index contributed by atoms with van der Waals surface area (Å²) < 4.78 is 13.5. The molecule has 0 aromatic heterocycles. The first-order valence-electron chi connectivity index (χ1n) is 5.49. The minimum absolute atomic E-state index is 0.0319. The van der Waals surface area contributed by atoms with E-state index in [1.807, 2.05) is 0 Å². The van der Waals surface area contributed by atoms with Gasteiger partial charge in [0.05, 0.1) is 16.3 Å².